The number of nitrogens with two attached hydrogens (primary N) is 2. The van der Waals surface area contributed by atoms with E-state index in [0.717, 1.165) is 0 Å². The lowest BCUT2D eigenvalue weighted by Crippen LogP contribution is -2.42. The second-order valence-electron chi connectivity index (χ2n) is 4.35. The maximum Gasteiger partial charge on any atom is 0.336 e. The van der Waals surface area contributed by atoms with Crippen LogP contribution in [0.2, 0.25) is 0 Å². The average Bonchev–Trinajstić information content (AvgIpc) is 2.34. The largest absolute Gasteiger partial charge is 0.481 e. The summed E-state index contributed by atoms with van der Waals surface area (Å²) < 4.78 is 0. The molecule has 0 heterocycles. The monoisotopic (exact) mass is 324 g/mol. The highest BCUT2D eigenvalue weighted by Crippen LogP contribution is 2.15. The molecule has 0 aliphatic rings. The first-order chi connectivity index (χ1) is 9.96. The van der Waals surface area contributed by atoms with E-state index in [1.54, 1.807) is 0 Å². The van der Waals surface area contributed by atoms with E-state index in [0.29, 0.717) is 19.4 Å². The van der Waals surface area contributed by atoms with E-state index in [9.17, 15) is 19.2 Å². The molecular formula is C11H20N2O9. The molecule has 128 valence electrons. The van der Waals surface area contributed by atoms with Crippen molar-refractivity contribution in [1.82, 2.24) is 0 Å². The van der Waals surface area contributed by atoms with E-state index >= 15 is 0 Å². The van der Waals surface area contributed by atoms with E-state index in [1.807, 2.05) is 0 Å². The Morgan fingerprint density at radius 1 is 0.955 bits per heavy atom. The minimum absolute atomic E-state index is 0.464. The van der Waals surface area contributed by atoms with Crippen LogP contribution in [0.4, 0.5) is 0 Å². The Balaban J connectivity index is 0. The summed E-state index contributed by atoms with van der Waals surface area (Å²) in [6.45, 7) is 0.501. The minimum atomic E-state index is -2.74. The Labute approximate surface area is 125 Å². The van der Waals surface area contributed by atoms with Crippen molar-refractivity contribution >= 4 is 23.9 Å². The fraction of sp³-hybridized carbons (Fsp3) is 0.636. The number of hydrogen-bond acceptors (Lipinski definition) is 7. The molecule has 0 saturated carbocycles. The minimum Gasteiger partial charge on any atom is -0.481 e. The fourth-order valence-electron chi connectivity index (χ4n) is 1.18. The van der Waals surface area contributed by atoms with Gasteiger partial charge < -0.3 is 37.0 Å². The van der Waals surface area contributed by atoms with Crippen molar-refractivity contribution in [2.24, 2.45) is 11.5 Å². The molecule has 0 aromatic carbocycles. The first-order valence-corrected chi connectivity index (χ1v) is 6.04. The summed E-state index contributed by atoms with van der Waals surface area (Å²) in [4.78, 5) is 40.5. The Hall–Kier alpha value is -2.24. The van der Waals surface area contributed by atoms with Gasteiger partial charge in [-0.25, -0.2) is 4.79 Å². The highest BCUT2D eigenvalue weighted by molar-refractivity contribution is 5.88. The van der Waals surface area contributed by atoms with Crippen molar-refractivity contribution in [3.8, 4) is 0 Å². The topological polar surface area (TPSA) is 221 Å². The van der Waals surface area contributed by atoms with Gasteiger partial charge in [-0.15, -0.1) is 0 Å². The van der Waals surface area contributed by atoms with Gasteiger partial charge in [0.05, 0.1) is 12.8 Å². The van der Waals surface area contributed by atoms with Crippen molar-refractivity contribution in [3.63, 3.8) is 0 Å². The predicted molar refractivity (Wildman–Crippen MR) is 71.0 cm³/mol. The molecule has 11 heteroatoms. The van der Waals surface area contributed by atoms with Crippen LogP contribution in [-0.2, 0) is 19.2 Å². The molecule has 1 unspecified atom stereocenters. The Kier molecular flexibility index (Phi) is 10.5. The molecule has 0 aliphatic carbocycles. The van der Waals surface area contributed by atoms with Crippen LogP contribution in [-0.4, -0.2) is 67.6 Å². The zero-order valence-corrected chi connectivity index (χ0v) is 11.6. The summed E-state index contributed by atoms with van der Waals surface area (Å²) >= 11 is 0. The molecule has 0 saturated heterocycles. The molecule has 1 atom stereocenters. The lowest BCUT2D eigenvalue weighted by Gasteiger charge is -2.18. The van der Waals surface area contributed by atoms with Crippen molar-refractivity contribution in [2.75, 3.05) is 6.54 Å². The second kappa shape index (κ2) is 10.5. The predicted octanol–water partition coefficient (Wildman–Crippen LogP) is -2.11. The Morgan fingerprint density at radius 2 is 1.36 bits per heavy atom. The number of carboxylic acid groups (broad SMARTS) is 4. The lowest BCUT2D eigenvalue weighted by molar-refractivity contribution is -0.170. The quantitative estimate of drug-likeness (QED) is 0.243. The van der Waals surface area contributed by atoms with Gasteiger partial charge in [0.1, 0.15) is 6.04 Å². The van der Waals surface area contributed by atoms with E-state index in [2.05, 4.69) is 0 Å². The lowest BCUT2D eigenvalue weighted by atomic mass is 9.96. The van der Waals surface area contributed by atoms with E-state index in [-0.39, 0.29) is 0 Å². The number of aliphatic carboxylic acids is 4. The zero-order valence-electron chi connectivity index (χ0n) is 11.6. The van der Waals surface area contributed by atoms with Crippen LogP contribution in [0, 0.1) is 0 Å². The van der Waals surface area contributed by atoms with Gasteiger partial charge in [0.2, 0.25) is 0 Å². The standard InChI is InChI=1S/C6H8O7.C5H12N2O2/c7-3(8)1-6(13,5(11)12)2-4(9)10;6-3-1-2-4(7)5(8)9/h13H,1-2H2,(H,7,8)(H,9,10)(H,11,12);4H,1-3,6-7H2,(H,8,9). The van der Waals surface area contributed by atoms with Crippen LogP contribution in [0.3, 0.4) is 0 Å². The third kappa shape index (κ3) is 10.5. The smallest absolute Gasteiger partial charge is 0.336 e. The van der Waals surface area contributed by atoms with Gasteiger partial charge in [-0.3, -0.25) is 14.4 Å². The molecule has 0 rings (SSSR count). The van der Waals surface area contributed by atoms with Crippen LogP contribution in [0.15, 0.2) is 0 Å². The third-order valence-electron chi connectivity index (χ3n) is 2.32. The number of hydrogen-bond donors (Lipinski definition) is 7. The molecular weight excluding hydrogens is 304 g/mol. The molecule has 0 spiro atoms. The summed E-state index contributed by atoms with van der Waals surface area (Å²) in [6.07, 6.45) is -1.15. The molecule has 0 amide bonds. The first-order valence-electron chi connectivity index (χ1n) is 6.04. The summed E-state index contributed by atoms with van der Waals surface area (Å²) in [7, 11) is 0. The van der Waals surface area contributed by atoms with Crippen LogP contribution >= 0.6 is 0 Å². The Bertz CT molecular complexity index is 394. The number of carboxylic acids is 4. The van der Waals surface area contributed by atoms with Crippen molar-refractivity contribution in [1.29, 1.82) is 0 Å². The zero-order chi connectivity index (χ0) is 17.9. The van der Waals surface area contributed by atoms with E-state index in [1.165, 1.54) is 0 Å². The van der Waals surface area contributed by atoms with Crippen LogP contribution in [0.25, 0.3) is 0 Å². The normalized spacial score (nSPS) is 11.8. The van der Waals surface area contributed by atoms with Crippen molar-refractivity contribution in [2.45, 2.75) is 37.3 Å². The second-order valence-corrected chi connectivity index (χ2v) is 4.35. The van der Waals surface area contributed by atoms with Crippen LogP contribution in [0.5, 0.6) is 0 Å². The first kappa shape index (κ1) is 22.0. The molecule has 0 radical (unpaired) electrons. The fourth-order valence-corrected chi connectivity index (χ4v) is 1.18. The Morgan fingerprint density at radius 3 is 1.59 bits per heavy atom. The highest BCUT2D eigenvalue weighted by atomic mass is 16.4. The van der Waals surface area contributed by atoms with Crippen LogP contribution in [0.1, 0.15) is 25.7 Å². The number of aliphatic hydroxyl groups is 1. The average molecular weight is 324 g/mol. The molecule has 0 aromatic rings. The highest BCUT2D eigenvalue weighted by Gasteiger charge is 2.40. The van der Waals surface area contributed by atoms with Gasteiger partial charge in [-0.1, -0.05) is 0 Å². The SMILES string of the molecule is NCCCC(N)C(=O)O.O=C(O)CC(O)(CC(=O)O)C(=O)O. The molecule has 0 aromatic heterocycles. The van der Waals surface area contributed by atoms with Gasteiger partial charge in [0.15, 0.2) is 5.60 Å². The molecule has 0 bridgehead atoms. The molecule has 9 N–H and O–H groups in total. The molecule has 11 nitrogen and oxygen atoms in total. The summed E-state index contributed by atoms with van der Waals surface area (Å²) in [6, 6.07) is -0.742. The number of rotatable bonds is 9. The molecule has 0 fully saturated rings. The van der Waals surface area contributed by atoms with Gasteiger partial charge in [0.25, 0.3) is 0 Å². The summed E-state index contributed by atoms with van der Waals surface area (Å²) in [5, 5.41) is 42.1. The van der Waals surface area contributed by atoms with Gasteiger partial charge >= 0.3 is 23.9 Å². The molecule has 0 aliphatic heterocycles. The summed E-state index contributed by atoms with van der Waals surface area (Å²) in [5.41, 5.74) is 7.54. The molecule has 22 heavy (non-hydrogen) atoms. The van der Waals surface area contributed by atoms with Gasteiger partial charge in [0, 0.05) is 0 Å². The van der Waals surface area contributed by atoms with Crippen molar-refractivity contribution in [3.05, 3.63) is 0 Å². The number of carbonyl (C=O) groups is 4. The van der Waals surface area contributed by atoms with E-state index in [4.69, 9.17) is 37.0 Å². The third-order valence-corrected chi connectivity index (χ3v) is 2.32. The van der Waals surface area contributed by atoms with Crippen molar-refractivity contribution < 1.29 is 44.7 Å². The summed E-state index contributed by atoms with van der Waals surface area (Å²) in [5.74, 6) is -5.97. The van der Waals surface area contributed by atoms with Gasteiger partial charge in [-0.05, 0) is 19.4 Å². The van der Waals surface area contributed by atoms with Crippen LogP contribution < -0.4 is 11.5 Å². The maximum absolute atomic E-state index is 10.3. The van der Waals surface area contributed by atoms with E-state index < -0.39 is 48.4 Å². The maximum atomic E-state index is 10.3. The van der Waals surface area contributed by atoms with Gasteiger partial charge in [-0.2, -0.15) is 0 Å².